The summed E-state index contributed by atoms with van der Waals surface area (Å²) >= 11 is 0. The SMILES string of the molecule is COc1cccc(OC)c1C(=O)Oc1ccc(/C=C/c2ccccn2)cc1. The number of pyridine rings is 1. The number of aromatic nitrogens is 1. The first kappa shape index (κ1) is 18.2. The lowest BCUT2D eigenvalue weighted by molar-refractivity contribution is 0.0727. The molecule has 0 N–H and O–H groups in total. The second-order valence-corrected chi connectivity index (χ2v) is 5.58. The zero-order chi connectivity index (χ0) is 19.1. The Kier molecular flexibility index (Phi) is 5.84. The van der Waals surface area contributed by atoms with Crippen molar-refractivity contribution < 1.29 is 19.0 Å². The number of rotatable bonds is 6. The van der Waals surface area contributed by atoms with Gasteiger partial charge in [0.1, 0.15) is 22.8 Å². The summed E-state index contributed by atoms with van der Waals surface area (Å²) in [6, 6.07) is 18.0. The molecule has 3 aromatic rings. The van der Waals surface area contributed by atoms with E-state index >= 15 is 0 Å². The number of esters is 1. The first-order chi connectivity index (χ1) is 13.2. The Morgan fingerprint density at radius 2 is 1.56 bits per heavy atom. The van der Waals surface area contributed by atoms with Gasteiger partial charge in [-0.1, -0.05) is 30.3 Å². The van der Waals surface area contributed by atoms with Gasteiger partial charge in [-0.05, 0) is 48.0 Å². The Bertz CT molecular complexity index is 912. The summed E-state index contributed by atoms with van der Waals surface area (Å²) in [4.78, 5) is 16.8. The monoisotopic (exact) mass is 361 g/mol. The number of hydrogen-bond donors (Lipinski definition) is 0. The topological polar surface area (TPSA) is 57.7 Å². The Morgan fingerprint density at radius 3 is 2.15 bits per heavy atom. The number of hydrogen-bond acceptors (Lipinski definition) is 5. The van der Waals surface area contributed by atoms with E-state index in [0.717, 1.165) is 11.3 Å². The van der Waals surface area contributed by atoms with Gasteiger partial charge >= 0.3 is 5.97 Å². The van der Waals surface area contributed by atoms with E-state index in [1.54, 1.807) is 36.5 Å². The lowest BCUT2D eigenvalue weighted by Gasteiger charge is -2.12. The summed E-state index contributed by atoms with van der Waals surface area (Å²) < 4.78 is 16.0. The van der Waals surface area contributed by atoms with Crippen molar-refractivity contribution >= 4 is 18.1 Å². The predicted molar refractivity (Wildman–Crippen MR) is 104 cm³/mol. The van der Waals surface area contributed by atoms with Gasteiger partial charge in [0.15, 0.2) is 0 Å². The van der Waals surface area contributed by atoms with Crippen molar-refractivity contribution in [3.05, 3.63) is 83.7 Å². The summed E-state index contributed by atoms with van der Waals surface area (Å²) in [5, 5.41) is 0. The van der Waals surface area contributed by atoms with Crippen LogP contribution in [0.5, 0.6) is 17.2 Å². The predicted octanol–water partition coefficient (Wildman–Crippen LogP) is 4.49. The third-order valence-electron chi connectivity index (χ3n) is 3.86. The van der Waals surface area contributed by atoms with E-state index in [1.807, 2.05) is 42.5 Å². The molecule has 1 aromatic heterocycles. The van der Waals surface area contributed by atoms with E-state index in [2.05, 4.69) is 4.98 Å². The molecule has 0 saturated carbocycles. The molecule has 0 aliphatic heterocycles. The minimum atomic E-state index is -0.541. The number of carbonyl (C=O) groups is 1. The summed E-state index contributed by atoms with van der Waals surface area (Å²) in [5.41, 5.74) is 2.09. The maximum Gasteiger partial charge on any atom is 0.351 e. The van der Waals surface area contributed by atoms with Crippen molar-refractivity contribution in [2.24, 2.45) is 0 Å². The van der Waals surface area contributed by atoms with E-state index in [0.29, 0.717) is 17.2 Å². The molecular weight excluding hydrogens is 342 g/mol. The number of nitrogens with zero attached hydrogens (tertiary/aromatic N) is 1. The van der Waals surface area contributed by atoms with E-state index < -0.39 is 5.97 Å². The van der Waals surface area contributed by atoms with Gasteiger partial charge in [-0.15, -0.1) is 0 Å². The first-order valence-corrected chi connectivity index (χ1v) is 8.33. The standard InChI is InChI=1S/C22H19NO4/c1-25-19-7-5-8-20(26-2)21(19)22(24)27-18-13-10-16(11-14-18)9-12-17-6-3-4-15-23-17/h3-15H,1-2H3/b12-9+. The molecule has 0 fully saturated rings. The second-order valence-electron chi connectivity index (χ2n) is 5.58. The second kappa shape index (κ2) is 8.67. The minimum Gasteiger partial charge on any atom is -0.496 e. The van der Waals surface area contributed by atoms with Gasteiger partial charge < -0.3 is 14.2 Å². The molecule has 0 radical (unpaired) electrons. The van der Waals surface area contributed by atoms with Gasteiger partial charge in [-0.3, -0.25) is 4.98 Å². The van der Waals surface area contributed by atoms with Crippen LogP contribution in [0.1, 0.15) is 21.6 Å². The average Bonchev–Trinajstić information content (AvgIpc) is 2.73. The van der Waals surface area contributed by atoms with Gasteiger partial charge in [0, 0.05) is 6.20 Å². The van der Waals surface area contributed by atoms with E-state index in [4.69, 9.17) is 14.2 Å². The van der Waals surface area contributed by atoms with Crippen LogP contribution in [0, 0.1) is 0 Å². The number of benzene rings is 2. The fourth-order valence-electron chi connectivity index (χ4n) is 2.51. The summed E-state index contributed by atoms with van der Waals surface area (Å²) in [7, 11) is 2.99. The van der Waals surface area contributed by atoms with Crippen LogP contribution in [0.3, 0.4) is 0 Å². The van der Waals surface area contributed by atoms with E-state index in [1.165, 1.54) is 14.2 Å². The third kappa shape index (κ3) is 4.52. The van der Waals surface area contributed by atoms with Crippen molar-refractivity contribution in [1.82, 2.24) is 4.98 Å². The Morgan fingerprint density at radius 1 is 0.852 bits per heavy atom. The average molecular weight is 361 g/mol. The van der Waals surface area contributed by atoms with Crippen LogP contribution in [0.2, 0.25) is 0 Å². The van der Waals surface area contributed by atoms with Crippen LogP contribution in [-0.2, 0) is 0 Å². The highest BCUT2D eigenvalue weighted by molar-refractivity contribution is 5.97. The van der Waals surface area contributed by atoms with Gasteiger partial charge in [0.25, 0.3) is 0 Å². The van der Waals surface area contributed by atoms with Crippen LogP contribution in [-0.4, -0.2) is 25.2 Å². The molecule has 0 bridgehead atoms. The number of methoxy groups -OCH3 is 2. The molecule has 3 rings (SSSR count). The maximum absolute atomic E-state index is 12.6. The number of carbonyl (C=O) groups excluding carboxylic acids is 1. The molecule has 0 aliphatic carbocycles. The lowest BCUT2D eigenvalue weighted by Crippen LogP contribution is -2.11. The smallest absolute Gasteiger partial charge is 0.351 e. The van der Waals surface area contributed by atoms with Gasteiger partial charge in [-0.25, -0.2) is 4.79 Å². The fraction of sp³-hybridized carbons (Fsp3) is 0.0909. The van der Waals surface area contributed by atoms with Crippen LogP contribution >= 0.6 is 0 Å². The van der Waals surface area contributed by atoms with E-state index in [9.17, 15) is 4.79 Å². The molecule has 0 unspecified atom stereocenters. The van der Waals surface area contributed by atoms with Crippen LogP contribution in [0.4, 0.5) is 0 Å². The molecule has 2 aromatic carbocycles. The van der Waals surface area contributed by atoms with Crippen molar-refractivity contribution in [2.75, 3.05) is 14.2 Å². The van der Waals surface area contributed by atoms with Crippen LogP contribution < -0.4 is 14.2 Å². The zero-order valence-corrected chi connectivity index (χ0v) is 15.1. The molecule has 5 nitrogen and oxygen atoms in total. The molecule has 136 valence electrons. The van der Waals surface area contributed by atoms with Crippen LogP contribution in [0.25, 0.3) is 12.2 Å². The van der Waals surface area contributed by atoms with Crippen molar-refractivity contribution in [1.29, 1.82) is 0 Å². The highest BCUT2D eigenvalue weighted by Crippen LogP contribution is 2.29. The Hall–Kier alpha value is -3.60. The quantitative estimate of drug-likeness (QED) is 0.478. The van der Waals surface area contributed by atoms with Gasteiger partial charge in [0.05, 0.1) is 19.9 Å². The molecule has 5 heteroatoms. The summed E-state index contributed by atoms with van der Waals surface area (Å²) in [6.07, 6.45) is 5.60. The molecular formula is C22H19NO4. The van der Waals surface area contributed by atoms with Gasteiger partial charge in [0.2, 0.25) is 0 Å². The normalized spacial score (nSPS) is 10.6. The first-order valence-electron chi connectivity index (χ1n) is 8.33. The molecule has 0 amide bonds. The lowest BCUT2D eigenvalue weighted by atomic mass is 10.1. The Labute approximate surface area is 157 Å². The molecule has 27 heavy (non-hydrogen) atoms. The van der Waals surface area contributed by atoms with E-state index in [-0.39, 0.29) is 5.56 Å². The zero-order valence-electron chi connectivity index (χ0n) is 15.1. The van der Waals surface area contributed by atoms with Crippen molar-refractivity contribution in [3.63, 3.8) is 0 Å². The molecule has 0 aliphatic rings. The van der Waals surface area contributed by atoms with Gasteiger partial charge in [-0.2, -0.15) is 0 Å². The largest absolute Gasteiger partial charge is 0.496 e. The molecule has 1 heterocycles. The number of ether oxygens (including phenoxy) is 3. The highest BCUT2D eigenvalue weighted by atomic mass is 16.5. The molecule has 0 saturated heterocycles. The van der Waals surface area contributed by atoms with Crippen LogP contribution in [0.15, 0.2) is 66.9 Å². The molecule has 0 spiro atoms. The highest BCUT2D eigenvalue weighted by Gasteiger charge is 2.20. The maximum atomic E-state index is 12.6. The fourth-order valence-corrected chi connectivity index (χ4v) is 2.51. The van der Waals surface area contributed by atoms with Crippen molar-refractivity contribution in [3.8, 4) is 17.2 Å². The van der Waals surface area contributed by atoms with Crippen molar-refractivity contribution in [2.45, 2.75) is 0 Å². The Balaban J connectivity index is 1.74. The minimum absolute atomic E-state index is 0.252. The third-order valence-corrected chi connectivity index (χ3v) is 3.86. The summed E-state index contributed by atoms with van der Waals surface area (Å²) in [6.45, 7) is 0. The molecule has 0 atom stereocenters. The summed E-state index contributed by atoms with van der Waals surface area (Å²) in [5.74, 6) is 0.688.